The first-order chi connectivity index (χ1) is 12.0. The molecule has 0 bridgehead atoms. The van der Waals surface area contributed by atoms with E-state index in [-0.39, 0.29) is 17.5 Å². The maximum Gasteiger partial charge on any atom is 0.338 e. The van der Waals surface area contributed by atoms with Crippen LogP contribution in [0.4, 0.5) is 0 Å². The molecule has 0 amide bonds. The number of rotatable bonds is 1. The molecule has 0 aliphatic heterocycles. The number of hydrogen-bond acceptors (Lipinski definition) is 4. The highest BCUT2D eigenvalue weighted by molar-refractivity contribution is 9.10. The second-order valence-electron chi connectivity index (χ2n) is 5.94. The number of carbonyl (C=O) groups excluding carboxylic acids is 3. The van der Waals surface area contributed by atoms with Crippen molar-refractivity contribution in [2.75, 3.05) is 7.11 Å². The molecule has 0 N–H and O–H groups in total. The minimum absolute atomic E-state index is 0.116. The molecule has 2 aromatic rings. The van der Waals surface area contributed by atoms with Crippen molar-refractivity contribution in [2.24, 2.45) is 0 Å². The summed E-state index contributed by atoms with van der Waals surface area (Å²) in [4.78, 5) is 33.9. The fourth-order valence-corrected chi connectivity index (χ4v) is 3.80. The Morgan fingerprint density at radius 1 is 0.880 bits per heavy atom. The molecular formula is C20H17BrO4. The third-order valence-corrected chi connectivity index (χ3v) is 5.25. The highest BCUT2D eigenvalue weighted by Gasteiger charge is 2.24. The smallest absolute Gasteiger partial charge is 0.338 e. The zero-order chi connectivity index (χ0) is 18.0. The number of carbonyl (C=O) groups is 3. The van der Waals surface area contributed by atoms with Gasteiger partial charge in [-0.1, -0.05) is 40.2 Å². The van der Waals surface area contributed by atoms with Gasteiger partial charge in [0.15, 0.2) is 11.6 Å². The molecule has 0 fully saturated rings. The van der Waals surface area contributed by atoms with Crippen molar-refractivity contribution >= 4 is 33.5 Å². The van der Waals surface area contributed by atoms with Gasteiger partial charge in [-0.15, -0.1) is 0 Å². The molecule has 0 aromatic heterocycles. The lowest BCUT2D eigenvalue weighted by Crippen LogP contribution is -2.05. The SMILES string of the molecule is COC(=O)c1cccc2c1CCC2=O.O=C1CCc2c(Br)cccc21. The zero-order valence-corrected chi connectivity index (χ0v) is 15.4. The van der Waals surface area contributed by atoms with Gasteiger partial charge in [-0.3, -0.25) is 9.59 Å². The van der Waals surface area contributed by atoms with E-state index < -0.39 is 0 Å². The van der Waals surface area contributed by atoms with Crippen LogP contribution in [0.5, 0.6) is 0 Å². The van der Waals surface area contributed by atoms with Crippen molar-refractivity contribution in [3.05, 3.63) is 68.7 Å². The van der Waals surface area contributed by atoms with E-state index in [0.717, 1.165) is 22.0 Å². The summed E-state index contributed by atoms with van der Waals surface area (Å²) < 4.78 is 5.72. The summed E-state index contributed by atoms with van der Waals surface area (Å²) in [6.45, 7) is 0. The first-order valence-corrected chi connectivity index (χ1v) is 8.86. The Morgan fingerprint density at radius 3 is 2.04 bits per heavy atom. The summed E-state index contributed by atoms with van der Waals surface area (Å²) in [6.07, 6.45) is 2.73. The summed E-state index contributed by atoms with van der Waals surface area (Å²) in [5.41, 5.74) is 4.12. The van der Waals surface area contributed by atoms with Crippen LogP contribution >= 0.6 is 15.9 Å². The second-order valence-corrected chi connectivity index (χ2v) is 6.79. The van der Waals surface area contributed by atoms with Gasteiger partial charge in [-0.2, -0.15) is 0 Å². The average Bonchev–Trinajstić information content (AvgIpc) is 3.19. The molecule has 2 aliphatic carbocycles. The number of ketones is 2. The Morgan fingerprint density at radius 2 is 1.44 bits per heavy atom. The van der Waals surface area contributed by atoms with Crippen LogP contribution in [0.25, 0.3) is 0 Å². The third-order valence-electron chi connectivity index (χ3n) is 4.51. The quantitative estimate of drug-likeness (QED) is 0.673. The van der Waals surface area contributed by atoms with Gasteiger partial charge in [0.05, 0.1) is 12.7 Å². The number of esters is 1. The van der Waals surface area contributed by atoms with Gasteiger partial charge in [0.25, 0.3) is 0 Å². The molecule has 25 heavy (non-hydrogen) atoms. The predicted molar refractivity (Wildman–Crippen MR) is 97.2 cm³/mol. The number of Topliss-reactive ketones (excluding diaryl/α,β-unsaturated/α-hetero) is 2. The van der Waals surface area contributed by atoms with Crippen molar-refractivity contribution in [3.63, 3.8) is 0 Å². The Kier molecular flexibility index (Phi) is 5.13. The fourth-order valence-electron chi connectivity index (χ4n) is 3.24. The number of hydrogen-bond donors (Lipinski definition) is 0. The lowest BCUT2D eigenvalue weighted by atomic mass is 10.0. The minimum Gasteiger partial charge on any atom is -0.465 e. The zero-order valence-electron chi connectivity index (χ0n) is 13.8. The van der Waals surface area contributed by atoms with Gasteiger partial charge in [0, 0.05) is 28.4 Å². The van der Waals surface area contributed by atoms with Crippen LogP contribution in [0.15, 0.2) is 40.9 Å². The number of methoxy groups -OCH3 is 1. The van der Waals surface area contributed by atoms with E-state index in [2.05, 4.69) is 20.7 Å². The summed E-state index contributed by atoms with van der Waals surface area (Å²) in [6, 6.07) is 11.0. The Hall–Kier alpha value is -2.27. The van der Waals surface area contributed by atoms with Crippen LogP contribution in [-0.2, 0) is 17.6 Å². The van der Waals surface area contributed by atoms with E-state index in [0.29, 0.717) is 30.4 Å². The van der Waals surface area contributed by atoms with E-state index in [1.54, 1.807) is 18.2 Å². The number of fused-ring (bicyclic) bond motifs is 2. The molecule has 0 saturated heterocycles. The maximum absolute atomic E-state index is 11.4. The summed E-state index contributed by atoms with van der Waals surface area (Å²) in [5.74, 6) is 0.0311. The predicted octanol–water partition coefficient (Wildman–Crippen LogP) is 4.18. The molecule has 4 rings (SSSR count). The van der Waals surface area contributed by atoms with Gasteiger partial charge in [-0.05, 0) is 36.1 Å². The Bertz CT molecular complexity index is 870. The Balaban J connectivity index is 0.000000150. The van der Waals surface area contributed by atoms with Gasteiger partial charge in [0.1, 0.15) is 0 Å². The van der Waals surface area contributed by atoms with E-state index in [4.69, 9.17) is 0 Å². The molecule has 0 spiro atoms. The molecular weight excluding hydrogens is 384 g/mol. The van der Waals surface area contributed by atoms with Crippen LogP contribution in [0, 0.1) is 0 Å². The number of halogens is 1. The third kappa shape index (κ3) is 3.42. The van der Waals surface area contributed by atoms with Gasteiger partial charge < -0.3 is 4.74 Å². The highest BCUT2D eigenvalue weighted by atomic mass is 79.9. The molecule has 0 saturated carbocycles. The fraction of sp³-hybridized carbons (Fsp3) is 0.250. The van der Waals surface area contributed by atoms with Crippen molar-refractivity contribution < 1.29 is 19.1 Å². The molecule has 2 aromatic carbocycles. The summed E-state index contributed by atoms with van der Waals surface area (Å²) in [5, 5.41) is 0. The van der Waals surface area contributed by atoms with Crippen molar-refractivity contribution in [1.82, 2.24) is 0 Å². The first kappa shape index (κ1) is 17.5. The highest BCUT2D eigenvalue weighted by Crippen LogP contribution is 2.28. The molecule has 128 valence electrons. The standard InChI is InChI=1S/C11H10O3.C9H7BrO/c1-14-11(13)9-4-2-3-8-7(9)5-6-10(8)12;10-8-3-1-2-7-6(8)4-5-9(7)11/h2-4H,5-6H2,1H3;1-3H,4-5H2. The van der Waals surface area contributed by atoms with E-state index in [1.165, 1.54) is 12.7 Å². The van der Waals surface area contributed by atoms with Crippen molar-refractivity contribution in [2.45, 2.75) is 25.7 Å². The van der Waals surface area contributed by atoms with Crippen molar-refractivity contribution in [3.8, 4) is 0 Å². The lowest BCUT2D eigenvalue weighted by Gasteiger charge is -2.04. The molecule has 0 radical (unpaired) electrons. The molecule has 0 atom stereocenters. The van der Waals surface area contributed by atoms with Crippen LogP contribution in [-0.4, -0.2) is 24.6 Å². The summed E-state index contributed by atoms with van der Waals surface area (Å²) in [7, 11) is 1.35. The topological polar surface area (TPSA) is 60.4 Å². The number of benzene rings is 2. The monoisotopic (exact) mass is 400 g/mol. The van der Waals surface area contributed by atoms with Gasteiger partial charge >= 0.3 is 5.97 Å². The van der Waals surface area contributed by atoms with Crippen LogP contribution in [0.2, 0.25) is 0 Å². The molecule has 4 nitrogen and oxygen atoms in total. The average molecular weight is 401 g/mol. The summed E-state index contributed by atoms with van der Waals surface area (Å²) >= 11 is 3.42. The van der Waals surface area contributed by atoms with Gasteiger partial charge in [-0.25, -0.2) is 4.79 Å². The van der Waals surface area contributed by atoms with E-state index in [9.17, 15) is 14.4 Å². The first-order valence-electron chi connectivity index (χ1n) is 8.07. The van der Waals surface area contributed by atoms with Crippen LogP contribution < -0.4 is 0 Å². The molecule has 0 heterocycles. The molecule has 5 heteroatoms. The Labute approximate surface area is 154 Å². The number of ether oxygens (including phenoxy) is 1. The second kappa shape index (κ2) is 7.31. The lowest BCUT2D eigenvalue weighted by molar-refractivity contribution is 0.0599. The normalized spacial score (nSPS) is 14.5. The molecule has 2 aliphatic rings. The minimum atomic E-state index is -0.364. The van der Waals surface area contributed by atoms with Crippen molar-refractivity contribution in [1.29, 1.82) is 0 Å². The van der Waals surface area contributed by atoms with E-state index in [1.807, 2.05) is 18.2 Å². The van der Waals surface area contributed by atoms with Gasteiger partial charge in [0.2, 0.25) is 0 Å². The van der Waals surface area contributed by atoms with E-state index >= 15 is 0 Å². The maximum atomic E-state index is 11.4. The van der Waals surface area contributed by atoms with Crippen LogP contribution in [0.3, 0.4) is 0 Å². The largest absolute Gasteiger partial charge is 0.465 e. The molecule has 0 unspecified atom stereocenters. The van der Waals surface area contributed by atoms with Crippen LogP contribution in [0.1, 0.15) is 55.0 Å².